The molecule has 0 aliphatic carbocycles. The Morgan fingerprint density at radius 2 is 2.05 bits per heavy atom. The summed E-state index contributed by atoms with van der Waals surface area (Å²) in [5.41, 5.74) is 0.932. The quantitative estimate of drug-likeness (QED) is 0.873. The molecule has 1 aliphatic rings. The summed E-state index contributed by atoms with van der Waals surface area (Å²) in [5.74, 6) is -1.11. The lowest BCUT2D eigenvalue weighted by Crippen LogP contribution is -2.41. The van der Waals surface area contributed by atoms with Crippen molar-refractivity contribution in [3.8, 4) is 0 Å². The van der Waals surface area contributed by atoms with E-state index in [1.165, 1.54) is 0 Å². The molecule has 1 N–H and O–H groups in total. The topological polar surface area (TPSA) is 60.9 Å². The molecule has 1 heterocycles. The van der Waals surface area contributed by atoms with Gasteiger partial charge in [0.25, 0.3) is 0 Å². The number of carbonyl (C=O) groups excluding carboxylic acids is 1. The van der Waals surface area contributed by atoms with Crippen molar-refractivity contribution >= 4 is 11.9 Å². The van der Waals surface area contributed by atoms with Crippen LogP contribution in [0.4, 0.5) is 0 Å². The number of amides is 1. The van der Waals surface area contributed by atoms with E-state index in [9.17, 15) is 14.7 Å². The molecule has 2 atom stereocenters. The van der Waals surface area contributed by atoms with Gasteiger partial charge in [-0.25, -0.2) is 0 Å². The van der Waals surface area contributed by atoms with E-state index in [0.717, 1.165) is 12.0 Å². The second kappa shape index (κ2) is 7.40. The van der Waals surface area contributed by atoms with Crippen LogP contribution in [0.25, 0.3) is 0 Å². The Balaban J connectivity index is 2.23. The number of likely N-dealkylation sites (N-methyl/N-ethyl adjacent to an activating group) is 1. The van der Waals surface area contributed by atoms with Gasteiger partial charge >= 0.3 is 5.97 Å². The Kier molecular flexibility index (Phi) is 5.55. The van der Waals surface area contributed by atoms with Gasteiger partial charge in [-0.3, -0.25) is 14.5 Å². The second-order valence-electron chi connectivity index (χ2n) is 5.89. The molecule has 5 heteroatoms. The average Bonchev–Trinajstić information content (AvgIpc) is 2.98. The fourth-order valence-electron chi connectivity index (χ4n) is 3.02. The first-order valence-corrected chi connectivity index (χ1v) is 7.81. The molecule has 22 heavy (non-hydrogen) atoms. The molecule has 0 aromatic heterocycles. The van der Waals surface area contributed by atoms with Gasteiger partial charge in [0.2, 0.25) is 5.91 Å². The number of aliphatic carboxylic acids is 1. The Bertz CT molecular complexity index is 518. The van der Waals surface area contributed by atoms with E-state index >= 15 is 0 Å². The van der Waals surface area contributed by atoms with E-state index in [4.69, 9.17) is 0 Å². The molecule has 2 unspecified atom stereocenters. The molecule has 0 bridgehead atoms. The zero-order chi connectivity index (χ0) is 16.1. The van der Waals surface area contributed by atoms with Gasteiger partial charge in [-0.2, -0.15) is 0 Å². The molecule has 1 fully saturated rings. The lowest BCUT2D eigenvalue weighted by molar-refractivity contribution is -0.142. The van der Waals surface area contributed by atoms with Crippen LogP contribution in [-0.4, -0.2) is 53.5 Å². The molecule has 1 aromatic rings. The number of carboxylic acid groups (broad SMARTS) is 1. The zero-order valence-electron chi connectivity index (χ0n) is 13.2. The van der Waals surface area contributed by atoms with Crippen molar-refractivity contribution in [1.29, 1.82) is 0 Å². The number of hydrogen-bond donors (Lipinski definition) is 1. The van der Waals surface area contributed by atoms with E-state index in [0.29, 0.717) is 26.1 Å². The normalized spacial score (nSPS) is 19.8. The van der Waals surface area contributed by atoms with Crippen molar-refractivity contribution in [2.75, 3.05) is 26.7 Å². The third-order valence-corrected chi connectivity index (χ3v) is 4.22. The van der Waals surface area contributed by atoms with Crippen LogP contribution >= 0.6 is 0 Å². The molecule has 1 aromatic carbocycles. The lowest BCUT2D eigenvalue weighted by Gasteiger charge is -2.30. The maximum atomic E-state index is 12.8. The third-order valence-electron chi connectivity index (χ3n) is 4.22. The summed E-state index contributed by atoms with van der Waals surface area (Å²) in [4.78, 5) is 27.8. The molecule has 0 saturated carbocycles. The fraction of sp³-hybridized carbons (Fsp3) is 0.529. The van der Waals surface area contributed by atoms with Crippen molar-refractivity contribution in [3.63, 3.8) is 0 Å². The van der Waals surface area contributed by atoms with Gasteiger partial charge in [0.15, 0.2) is 0 Å². The van der Waals surface area contributed by atoms with Gasteiger partial charge in [-0.1, -0.05) is 37.3 Å². The van der Waals surface area contributed by atoms with Crippen LogP contribution in [0.5, 0.6) is 0 Å². The molecule has 1 amide bonds. The molecular weight excluding hydrogens is 280 g/mol. The predicted molar refractivity (Wildman–Crippen MR) is 84.4 cm³/mol. The molecule has 1 aliphatic heterocycles. The van der Waals surface area contributed by atoms with Gasteiger partial charge in [0, 0.05) is 26.7 Å². The van der Waals surface area contributed by atoms with Crippen LogP contribution in [0, 0.1) is 5.92 Å². The first kappa shape index (κ1) is 16.5. The molecule has 120 valence electrons. The first-order chi connectivity index (χ1) is 10.5. The monoisotopic (exact) mass is 304 g/mol. The summed E-state index contributed by atoms with van der Waals surface area (Å²) in [5, 5.41) is 9.19. The third kappa shape index (κ3) is 3.65. The van der Waals surface area contributed by atoms with Crippen molar-refractivity contribution < 1.29 is 14.7 Å². The van der Waals surface area contributed by atoms with Gasteiger partial charge in [0.05, 0.1) is 5.92 Å². The summed E-state index contributed by atoms with van der Waals surface area (Å²) in [6, 6.07) is 9.25. The van der Waals surface area contributed by atoms with Gasteiger partial charge in [-0.15, -0.1) is 0 Å². The van der Waals surface area contributed by atoms with E-state index in [-0.39, 0.29) is 17.9 Å². The highest BCUT2D eigenvalue weighted by atomic mass is 16.4. The SMILES string of the molecule is CCCN(C)C(=O)C(c1ccccc1)N1CCC(C(=O)O)C1. The highest BCUT2D eigenvalue weighted by Crippen LogP contribution is 2.29. The standard InChI is InChI=1S/C17H24N2O3/c1-3-10-18(2)16(20)15(13-7-5-4-6-8-13)19-11-9-14(12-19)17(21)22/h4-8,14-15H,3,9-12H2,1-2H3,(H,21,22). The maximum absolute atomic E-state index is 12.8. The number of benzene rings is 1. The number of likely N-dealkylation sites (tertiary alicyclic amines) is 1. The van der Waals surface area contributed by atoms with E-state index < -0.39 is 5.97 Å². The van der Waals surface area contributed by atoms with Crippen LogP contribution < -0.4 is 0 Å². The van der Waals surface area contributed by atoms with Crippen molar-refractivity contribution in [3.05, 3.63) is 35.9 Å². The smallest absolute Gasteiger partial charge is 0.307 e. The molecule has 5 nitrogen and oxygen atoms in total. The first-order valence-electron chi connectivity index (χ1n) is 7.81. The summed E-state index contributed by atoms with van der Waals surface area (Å²) in [7, 11) is 1.81. The fourth-order valence-corrected chi connectivity index (χ4v) is 3.02. The van der Waals surface area contributed by atoms with Crippen LogP contribution in [0.1, 0.15) is 31.4 Å². The summed E-state index contributed by atoms with van der Waals surface area (Å²) in [6.07, 6.45) is 1.50. The van der Waals surface area contributed by atoms with Crippen LogP contribution in [0.3, 0.4) is 0 Å². The summed E-state index contributed by atoms with van der Waals surface area (Å²) in [6.45, 7) is 3.82. The van der Waals surface area contributed by atoms with Crippen LogP contribution in [0.15, 0.2) is 30.3 Å². The highest BCUT2D eigenvalue weighted by molar-refractivity contribution is 5.83. The van der Waals surface area contributed by atoms with Gasteiger partial charge in [0.1, 0.15) is 6.04 Å². The largest absolute Gasteiger partial charge is 0.481 e. The van der Waals surface area contributed by atoms with Crippen molar-refractivity contribution in [1.82, 2.24) is 9.80 Å². The molecule has 0 spiro atoms. The summed E-state index contributed by atoms with van der Waals surface area (Å²) < 4.78 is 0. The van der Waals surface area contributed by atoms with Crippen molar-refractivity contribution in [2.24, 2.45) is 5.92 Å². The second-order valence-corrected chi connectivity index (χ2v) is 5.89. The Morgan fingerprint density at radius 3 is 2.59 bits per heavy atom. The van der Waals surface area contributed by atoms with Crippen LogP contribution in [-0.2, 0) is 9.59 Å². The Labute approximate surface area is 131 Å². The number of carbonyl (C=O) groups is 2. The minimum atomic E-state index is -0.774. The number of hydrogen-bond acceptors (Lipinski definition) is 3. The maximum Gasteiger partial charge on any atom is 0.307 e. The predicted octanol–water partition coefficient (Wildman–Crippen LogP) is 2.00. The summed E-state index contributed by atoms with van der Waals surface area (Å²) >= 11 is 0. The number of carboxylic acids is 1. The lowest BCUT2D eigenvalue weighted by atomic mass is 10.0. The van der Waals surface area contributed by atoms with E-state index in [1.807, 2.05) is 49.2 Å². The van der Waals surface area contributed by atoms with Crippen molar-refractivity contribution in [2.45, 2.75) is 25.8 Å². The van der Waals surface area contributed by atoms with E-state index in [1.54, 1.807) is 4.90 Å². The highest BCUT2D eigenvalue weighted by Gasteiger charge is 2.37. The van der Waals surface area contributed by atoms with E-state index in [2.05, 4.69) is 0 Å². The Hall–Kier alpha value is -1.88. The zero-order valence-corrected chi connectivity index (χ0v) is 13.2. The minimum Gasteiger partial charge on any atom is -0.481 e. The molecule has 0 radical (unpaired) electrons. The molecule has 2 rings (SSSR count). The molecule has 1 saturated heterocycles. The number of rotatable bonds is 6. The molecular formula is C17H24N2O3. The minimum absolute atomic E-state index is 0.0408. The Morgan fingerprint density at radius 1 is 1.36 bits per heavy atom. The van der Waals surface area contributed by atoms with Gasteiger partial charge in [-0.05, 0) is 18.4 Å². The number of nitrogens with zero attached hydrogens (tertiary/aromatic N) is 2. The average molecular weight is 304 g/mol. The van der Waals surface area contributed by atoms with Crippen LogP contribution in [0.2, 0.25) is 0 Å². The van der Waals surface area contributed by atoms with Gasteiger partial charge < -0.3 is 10.0 Å².